The van der Waals surface area contributed by atoms with Gasteiger partial charge in [-0.05, 0) is 232 Å². The third-order valence-electron chi connectivity index (χ3n) is 24.6. The normalized spacial score (nSPS) is 18.1. The van der Waals surface area contributed by atoms with Crippen molar-refractivity contribution >= 4 is 130 Å². The van der Waals surface area contributed by atoms with Crippen LogP contribution in [0.1, 0.15) is 163 Å². The van der Waals surface area contributed by atoms with E-state index in [-0.39, 0.29) is 89.6 Å². The number of hydrogen-bond acceptors (Lipinski definition) is 21. The van der Waals surface area contributed by atoms with Crippen molar-refractivity contribution in [3.8, 4) is 17.2 Å². The maximum absolute atomic E-state index is 14.9. The summed E-state index contributed by atoms with van der Waals surface area (Å²) in [6.07, 6.45) is -7.12. The second kappa shape index (κ2) is 54.3. The molecular weight excluding hydrogens is 2110 g/mol. The topological polar surface area (TPSA) is 420 Å². The lowest BCUT2D eigenvalue weighted by molar-refractivity contribution is -0.153. The fourth-order valence-electron chi connectivity index (χ4n) is 16.6. The van der Waals surface area contributed by atoms with E-state index in [9.17, 15) is 82.2 Å². The number of carbonyl (C=O) groups is 8. The average Bonchev–Trinajstić information content (AvgIpc) is 0.799. The zero-order valence-electron chi connectivity index (χ0n) is 81.1. The second-order valence-corrected chi connectivity index (χ2v) is 42.8. The predicted molar refractivity (Wildman–Crippen MR) is 548 cm³/mol. The number of amides is 5. The Balaban J connectivity index is 0.000000226. The molecule has 0 aromatic heterocycles. The number of halogens is 9. The molecule has 0 bridgehead atoms. The maximum Gasteiger partial charge on any atom is 0.407 e. The second-order valence-electron chi connectivity index (χ2n) is 38.8. The van der Waals surface area contributed by atoms with Crippen LogP contribution in [0.4, 0.5) is 18.0 Å². The zero-order valence-corrected chi connectivity index (χ0v) is 88.1. The summed E-state index contributed by atoms with van der Waals surface area (Å²) in [4.78, 5) is 102. The number of esters is 2. The summed E-state index contributed by atoms with van der Waals surface area (Å²) < 4.78 is 78.4. The lowest BCUT2D eigenvalue weighted by Gasteiger charge is -2.34. The zero-order chi connectivity index (χ0) is 105. The highest BCUT2D eigenvalue weighted by atomic mass is 79.9. The minimum atomic E-state index is -1.28. The molecule has 0 radical (unpaired) electrons. The van der Waals surface area contributed by atoms with Crippen LogP contribution in [0.15, 0.2) is 214 Å². The van der Waals surface area contributed by atoms with E-state index in [1.54, 1.807) is 151 Å². The Bertz CT molecular complexity index is 5770. The highest BCUT2D eigenvalue weighted by Crippen LogP contribution is 2.41. The highest BCUT2D eigenvalue weighted by molar-refractivity contribution is 9.11. The molecule has 9 aromatic rings. The van der Waals surface area contributed by atoms with E-state index in [1.165, 1.54) is 32.4 Å². The Morgan fingerprint density at radius 3 is 1.02 bits per heavy atom. The number of carbonyl (C=O) groups excluding carboxylic acids is 7. The highest BCUT2D eigenvalue weighted by Gasteiger charge is 2.43. The van der Waals surface area contributed by atoms with Crippen molar-refractivity contribution in [3.63, 3.8) is 0 Å². The molecule has 772 valence electrons. The summed E-state index contributed by atoms with van der Waals surface area (Å²) in [5.41, 5.74) is 9.54. The van der Waals surface area contributed by atoms with Crippen LogP contribution in [0.3, 0.4) is 0 Å². The molecular formula is C107H125Br3Cl3F3N6O21. The molecule has 12 rings (SSSR count). The molecule has 143 heavy (non-hydrogen) atoms. The monoisotopic (exact) mass is 2230 g/mol. The van der Waals surface area contributed by atoms with Gasteiger partial charge in [0.1, 0.15) is 78.4 Å². The van der Waals surface area contributed by atoms with Gasteiger partial charge in [0.15, 0.2) is 0 Å². The van der Waals surface area contributed by atoms with Crippen molar-refractivity contribution in [3.05, 3.63) is 296 Å². The number of alkyl carbamates (subject to hydrolysis) is 1. The first-order chi connectivity index (χ1) is 67.4. The van der Waals surface area contributed by atoms with Gasteiger partial charge in [0.05, 0.1) is 87.4 Å². The summed E-state index contributed by atoms with van der Waals surface area (Å²) in [6.45, 7) is 16.0. The smallest absolute Gasteiger partial charge is 0.407 e. The summed E-state index contributed by atoms with van der Waals surface area (Å²) in [7, 11) is 2.51. The number of fused-ring (bicyclic) bond motifs is 3. The predicted octanol–water partition coefficient (Wildman–Crippen LogP) is 17.2. The van der Waals surface area contributed by atoms with E-state index in [1.807, 2.05) is 93.6 Å². The van der Waals surface area contributed by atoms with Gasteiger partial charge in [-0.3, -0.25) is 33.6 Å². The number of aliphatic carboxylic acids is 1. The van der Waals surface area contributed by atoms with Crippen molar-refractivity contribution in [2.75, 3.05) is 34.0 Å². The molecule has 0 saturated heterocycles. The van der Waals surface area contributed by atoms with Crippen LogP contribution in [0.5, 0.6) is 17.2 Å². The van der Waals surface area contributed by atoms with E-state index < -0.39 is 184 Å². The van der Waals surface area contributed by atoms with Crippen molar-refractivity contribution in [2.45, 2.75) is 211 Å². The van der Waals surface area contributed by atoms with Gasteiger partial charge in [-0.2, -0.15) is 0 Å². The largest absolute Gasteiger partial charge is 0.490 e. The molecule has 3 aliphatic rings. The third kappa shape index (κ3) is 36.1. The molecule has 14 N–H and O–H groups in total. The van der Waals surface area contributed by atoms with Gasteiger partial charge in [-0.15, -0.1) is 0 Å². The summed E-state index contributed by atoms with van der Waals surface area (Å²) in [5.74, 6) is -8.09. The van der Waals surface area contributed by atoms with E-state index >= 15 is 0 Å². The Hall–Kier alpha value is -10.2. The number of benzene rings is 9. The number of carboxylic acids is 1. The van der Waals surface area contributed by atoms with Crippen LogP contribution in [-0.2, 0) is 86.3 Å². The van der Waals surface area contributed by atoms with Crippen LogP contribution >= 0.6 is 82.6 Å². The lowest BCUT2D eigenvalue weighted by atomic mass is 9.77. The molecule has 0 fully saturated rings. The Kier molecular flexibility index (Phi) is 44.1. The third-order valence-corrected chi connectivity index (χ3v) is 26.9. The maximum atomic E-state index is 14.9. The Morgan fingerprint density at radius 1 is 0.420 bits per heavy atom. The SMILES string of the molecule is CC(C)(C)OC(=O)N[C@@H](Cc1ccc(Br)cc1)[C@@H](O)C[C@@H](Cc1ccccc1F)C(=O)N[C@H]1c2cc(Cl)ccc2OC[C@H]1O.COC(=O)C[C@H](C(=O)N[C@@H](Cc1ccc(Br)cc1)[C@@H](O)C[C@@H](Cc1ccccc1F)C(=O)N[C@H]1c2cc(Cl)ccc2OC[C@H]1O)C(C)(C)C.COC(=O)C[C@H](C(=O)O)C(C)(C)C.N[C@@H](Cc1ccc(Br)cc1)[C@@H](O)C[C@@H](Cc1ccccc1F)C(=O)N[C@H]1c2cc(Cl)ccc2OC[C@H]1O. The molecule has 0 aliphatic carbocycles. The number of rotatable bonds is 35. The number of aliphatic hydroxyl groups is 6. The van der Waals surface area contributed by atoms with Gasteiger partial charge in [-0.1, -0.05) is 215 Å². The average molecular weight is 2230 g/mol. The standard InChI is InChI=1S/C37H43BrClFN2O7.C33H37BrClFN2O6.C28H29BrClFN2O4.C9H16O4/c1-37(2,3)27(19-33(45)48-4)36(47)41-29(15-21-9-11-24(38)12-10-21)30(43)17-23(16-22-7-5-6-8-28(22)40)35(46)42-34-26-18-25(39)13-14-32(26)49-20-31(34)44;1-33(2,3)44-32(42)37-26(14-19-8-10-22(34)11-9-19)27(39)16-21(15-20-6-4-5-7-25(20)36)31(41)38-30-24-17-23(35)12-13-29(24)43-18-28(30)40;29-19-7-5-16(6-8-19)11-23(32)24(34)13-18(12-17-3-1-2-4-22(17)31)28(36)33-27-21-14-20(30)9-10-26(21)37-15-25(27)35;1-9(2,3)6(8(11)12)5-7(10)13-4/h5-14,18,23,27,29-31,34,43-44H,15-17,19-20H2,1-4H3,(H,41,47)(H,42,46);4-13,17,21,26-28,30,39-40H,14-16,18H2,1-3H3,(H,37,42)(H,38,41);1-10,14,18,23-25,27,34-35H,11-13,15,32H2,(H,33,36);6H,5H2,1-4H3,(H,11,12)/t23-,27-,29+,30+,31-,34+;21-,26+,27+,28-,30+;18-,23+,24+,25-,27+;6-/m1111/s1. The van der Waals surface area contributed by atoms with Crippen LogP contribution in [0.25, 0.3) is 0 Å². The lowest BCUT2D eigenvalue weighted by Crippen LogP contribution is -2.51. The van der Waals surface area contributed by atoms with Gasteiger partial charge in [0, 0.05) is 69.0 Å². The van der Waals surface area contributed by atoms with E-state index in [0.717, 1.165) is 30.1 Å². The summed E-state index contributed by atoms with van der Waals surface area (Å²) in [5, 5.41) is 91.0. The first kappa shape index (κ1) is 116. The molecule has 36 heteroatoms. The van der Waals surface area contributed by atoms with Gasteiger partial charge in [-0.25, -0.2) is 18.0 Å². The fraction of sp³-hybridized carbons (Fsp3) is 0.421. The van der Waals surface area contributed by atoms with E-state index in [4.69, 9.17) is 69.3 Å². The number of hydrogen-bond donors (Lipinski definition) is 13. The van der Waals surface area contributed by atoms with Crippen LogP contribution in [-0.4, -0.2) is 178 Å². The van der Waals surface area contributed by atoms with E-state index in [2.05, 4.69) is 79.1 Å². The van der Waals surface area contributed by atoms with Crippen molar-refractivity contribution < 1.29 is 116 Å². The first-order valence-corrected chi connectivity index (χ1v) is 50.1. The number of nitrogens with one attached hydrogen (secondary N) is 5. The van der Waals surface area contributed by atoms with Crippen LogP contribution < -0.4 is 46.5 Å². The molecule has 0 saturated carbocycles. The van der Waals surface area contributed by atoms with Gasteiger partial charge >= 0.3 is 24.0 Å². The minimum absolute atomic E-state index is 0.00174. The van der Waals surface area contributed by atoms with Crippen molar-refractivity contribution in [2.24, 2.45) is 46.2 Å². The fourth-order valence-corrected chi connectivity index (χ4v) is 17.9. The molecule has 3 aliphatic heterocycles. The molecule has 3 heterocycles. The van der Waals surface area contributed by atoms with Gasteiger partial charge < -0.3 is 96.5 Å². The van der Waals surface area contributed by atoms with Crippen LogP contribution in [0.2, 0.25) is 15.1 Å². The molecule has 27 nitrogen and oxygen atoms in total. The first-order valence-electron chi connectivity index (χ1n) is 46.6. The Labute approximate surface area is 871 Å². The van der Waals surface area contributed by atoms with Gasteiger partial charge in [0.2, 0.25) is 23.6 Å². The van der Waals surface area contributed by atoms with Crippen LogP contribution in [0, 0.1) is 57.9 Å². The number of methoxy groups -OCH3 is 2. The number of nitrogens with two attached hydrogens (primary N) is 1. The van der Waals surface area contributed by atoms with Crippen molar-refractivity contribution in [1.29, 1.82) is 0 Å². The van der Waals surface area contributed by atoms with Gasteiger partial charge in [0.25, 0.3) is 0 Å². The summed E-state index contributed by atoms with van der Waals surface area (Å²) in [6, 6.07) is 50.8. The number of aliphatic hydroxyl groups excluding tert-OH is 6. The molecule has 0 unspecified atom stereocenters. The molecule has 17 atom stereocenters. The minimum Gasteiger partial charge on any atom is -0.490 e. The van der Waals surface area contributed by atoms with Crippen molar-refractivity contribution in [1.82, 2.24) is 26.6 Å². The molecule has 5 amide bonds. The number of ether oxygens (including phenoxy) is 6. The molecule has 9 aromatic carbocycles. The summed E-state index contributed by atoms with van der Waals surface area (Å²) >= 11 is 28.8. The Morgan fingerprint density at radius 2 is 0.720 bits per heavy atom. The number of carboxylic acid groups (broad SMARTS) is 1. The van der Waals surface area contributed by atoms with E-state index in [0.29, 0.717) is 66.6 Å². The molecule has 0 spiro atoms. The quantitative estimate of drug-likeness (QED) is 0.0130.